The third-order valence-electron chi connectivity index (χ3n) is 5.54. The maximum Gasteiger partial charge on any atom is 0.167 e. The zero-order chi connectivity index (χ0) is 23.4. The van der Waals surface area contributed by atoms with Gasteiger partial charge in [0.15, 0.2) is 23.2 Å². The number of halogens is 3. The van der Waals surface area contributed by atoms with Gasteiger partial charge in [0.1, 0.15) is 12.4 Å². The van der Waals surface area contributed by atoms with Gasteiger partial charge in [-0.3, -0.25) is 0 Å². The number of ether oxygens (including phenoxy) is 2. The Kier molecular flexibility index (Phi) is 6.68. The highest BCUT2D eigenvalue weighted by molar-refractivity contribution is 5.72. The zero-order valence-corrected chi connectivity index (χ0v) is 18.4. The second-order valence-electron chi connectivity index (χ2n) is 7.62. The van der Waals surface area contributed by atoms with E-state index in [2.05, 4.69) is 0 Å². The molecular weight excluding hydrogens is 425 g/mol. The minimum absolute atomic E-state index is 0.161. The third kappa shape index (κ3) is 4.87. The Morgan fingerprint density at radius 1 is 0.667 bits per heavy atom. The molecule has 0 radical (unpaired) electrons. The van der Waals surface area contributed by atoms with Gasteiger partial charge < -0.3 is 9.47 Å². The Hall–Kier alpha value is -3.73. The summed E-state index contributed by atoms with van der Waals surface area (Å²) in [6, 6.07) is 21.9. The maximum absolute atomic E-state index is 14.9. The number of aryl methyl sites for hydroxylation is 1. The van der Waals surface area contributed by atoms with Gasteiger partial charge in [0.2, 0.25) is 0 Å². The molecule has 33 heavy (non-hydrogen) atoms. The molecule has 0 aliphatic heterocycles. The molecule has 0 unspecified atom stereocenters. The van der Waals surface area contributed by atoms with Gasteiger partial charge in [0.05, 0.1) is 7.11 Å². The molecule has 2 nitrogen and oxygen atoms in total. The SMILES string of the molecule is CCc1ccc(-c2ccc(-c3ccc(OCc4ccc(OC)c(F)c4)cc3)c(F)c2F)cc1. The lowest BCUT2D eigenvalue weighted by atomic mass is 9.98. The van der Waals surface area contributed by atoms with Crippen LogP contribution in [0.5, 0.6) is 11.5 Å². The highest BCUT2D eigenvalue weighted by Gasteiger charge is 2.16. The van der Waals surface area contributed by atoms with Crippen LogP contribution in [0.2, 0.25) is 0 Å². The van der Waals surface area contributed by atoms with Gasteiger partial charge in [0.25, 0.3) is 0 Å². The molecule has 5 heteroatoms. The summed E-state index contributed by atoms with van der Waals surface area (Å²) in [4.78, 5) is 0. The second-order valence-corrected chi connectivity index (χ2v) is 7.62. The van der Waals surface area contributed by atoms with Gasteiger partial charge >= 0.3 is 0 Å². The molecule has 0 aliphatic carbocycles. The first-order chi connectivity index (χ1) is 16.0. The van der Waals surface area contributed by atoms with Crippen molar-refractivity contribution in [2.45, 2.75) is 20.0 Å². The highest BCUT2D eigenvalue weighted by atomic mass is 19.2. The van der Waals surface area contributed by atoms with Gasteiger partial charge in [-0.2, -0.15) is 0 Å². The fraction of sp³-hybridized carbons (Fsp3) is 0.143. The van der Waals surface area contributed by atoms with E-state index in [1.807, 2.05) is 19.1 Å². The van der Waals surface area contributed by atoms with E-state index in [1.165, 1.54) is 19.2 Å². The summed E-state index contributed by atoms with van der Waals surface area (Å²) in [5.41, 5.74) is 3.34. The predicted molar refractivity (Wildman–Crippen MR) is 124 cm³/mol. The lowest BCUT2D eigenvalue weighted by molar-refractivity contribution is 0.305. The van der Waals surface area contributed by atoms with Gasteiger partial charge in [0, 0.05) is 11.1 Å². The minimum Gasteiger partial charge on any atom is -0.494 e. The molecule has 4 aromatic rings. The van der Waals surface area contributed by atoms with Crippen molar-refractivity contribution in [1.82, 2.24) is 0 Å². The summed E-state index contributed by atoms with van der Waals surface area (Å²) in [6.07, 6.45) is 0.882. The molecule has 0 N–H and O–H groups in total. The lowest BCUT2D eigenvalue weighted by Crippen LogP contribution is -1.98. The maximum atomic E-state index is 14.9. The Morgan fingerprint density at radius 3 is 1.73 bits per heavy atom. The van der Waals surface area contributed by atoms with E-state index in [0.717, 1.165) is 12.0 Å². The Bertz CT molecular complexity index is 1250. The van der Waals surface area contributed by atoms with Gasteiger partial charge in [-0.25, -0.2) is 13.2 Å². The zero-order valence-electron chi connectivity index (χ0n) is 18.4. The predicted octanol–water partition coefficient (Wildman–Crippen LogP) is 7.59. The Morgan fingerprint density at radius 2 is 1.21 bits per heavy atom. The largest absolute Gasteiger partial charge is 0.494 e. The Balaban J connectivity index is 1.50. The van der Waals surface area contributed by atoms with Crippen LogP contribution in [0.3, 0.4) is 0 Å². The van der Waals surface area contributed by atoms with E-state index in [1.54, 1.807) is 54.6 Å². The molecule has 168 valence electrons. The van der Waals surface area contributed by atoms with Crippen LogP contribution in [0.15, 0.2) is 78.9 Å². The van der Waals surface area contributed by atoms with Crippen molar-refractivity contribution >= 4 is 0 Å². The van der Waals surface area contributed by atoms with Crippen molar-refractivity contribution in [2.75, 3.05) is 7.11 Å². The van der Waals surface area contributed by atoms with E-state index in [0.29, 0.717) is 22.4 Å². The first-order valence-electron chi connectivity index (χ1n) is 10.6. The topological polar surface area (TPSA) is 18.5 Å². The molecule has 0 aromatic heterocycles. The van der Waals surface area contributed by atoms with E-state index < -0.39 is 17.5 Å². The van der Waals surface area contributed by atoms with Crippen molar-refractivity contribution < 1.29 is 22.6 Å². The number of hydrogen-bond donors (Lipinski definition) is 0. The first kappa shape index (κ1) is 22.5. The van der Waals surface area contributed by atoms with Crippen molar-refractivity contribution in [3.63, 3.8) is 0 Å². The number of rotatable bonds is 7. The fourth-order valence-corrected chi connectivity index (χ4v) is 3.61. The number of methoxy groups -OCH3 is 1. The molecule has 0 heterocycles. The van der Waals surface area contributed by atoms with Crippen LogP contribution >= 0.6 is 0 Å². The molecule has 0 amide bonds. The van der Waals surface area contributed by atoms with Crippen molar-refractivity contribution in [3.8, 4) is 33.8 Å². The van der Waals surface area contributed by atoms with Crippen LogP contribution in [0.25, 0.3) is 22.3 Å². The van der Waals surface area contributed by atoms with Crippen LogP contribution in [0.4, 0.5) is 13.2 Å². The quantitative estimate of drug-likeness (QED) is 0.290. The van der Waals surface area contributed by atoms with E-state index in [4.69, 9.17) is 9.47 Å². The Labute approximate surface area is 191 Å². The molecular formula is C28H23F3O2. The standard InChI is InChI=1S/C28H23F3O2/c1-3-18-4-7-20(8-5-18)23-13-14-24(28(31)27(23)30)21-9-11-22(12-10-21)33-17-19-6-15-26(32-2)25(29)16-19/h4-16H,3,17H2,1-2H3. The van der Waals surface area contributed by atoms with E-state index >= 15 is 0 Å². The molecule has 0 spiro atoms. The summed E-state index contributed by atoms with van der Waals surface area (Å²) in [5, 5.41) is 0. The molecule has 0 atom stereocenters. The van der Waals surface area contributed by atoms with Crippen molar-refractivity contribution in [1.29, 1.82) is 0 Å². The monoisotopic (exact) mass is 448 g/mol. The fourth-order valence-electron chi connectivity index (χ4n) is 3.61. The van der Waals surface area contributed by atoms with Crippen LogP contribution in [0, 0.1) is 17.5 Å². The number of benzene rings is 4. The smallest absolute Gasteiger partial charge is 0.167 e. The minimum atomic E-state index is -0.894. The van der Waals surface area contributed by atoms with Crippen LogP contribution in [-0.2, 0) is 13.0 Å². The summed E-state index contributed by atoms with van der Waals surface area (Å²) in [5.74, 6) is -1.53. The lowest BCUT2D eigenvalue weighted by Gasteiger charge is -2.11. The normalized spacial score (nSPS) is 10.8. The molecule has 0 bridgehead atoms. The first-order valence-corrected chi connectivity index (χ1v) is 10.6. The molecule has 4 rings (SSSR count). The van der Waals surface area contributed by atoms with Crippen LogP contribution < -0.4 is 9.47 Å². The summed E-state index contributed by atoms with van der Waals surface area (Å²) < 4.78 is 54.1. The van der Waals surface area contributed by atoms with Crippen LogP contribution in [0.1, 0.15) is 18.1 Å². The second kappa shape index (κ2) is 9.82. The molecule has 0 fully saturated rings. The summed E-state index contributed by atoms with van der Waals surface area (Å²) in [7, 11) is 1.40. The van der Waals surface area contributed by atoms with Gasteiger partial charge in [-0.1, -0.05) is 61.5 Å². The van der Waals surface area contributed by atoms with Crippen LogP contribution in [-0.4, -0.2) is 7.11 Å². The van der Waals surface area contributed by atoms with Gasteiger partial charge in [-0.15, -0.1) is 0 Å². The van der Waals surface area contributed by atoms with Crippen molar-refractivity contribution in [3.05, 3.63) is 107 Å². The molecule has 0 saturated heterocycles. The average molecular weight is 448 g/mol. The summed E-state index contributed by atoms with van der Waals surface area (Å²) >= 11 is 0. The molecule has 0 saturated carbocycles. The molecule has 4 aromatic carbocycles. The number of hydrogen-bond acceptors (Lipinski definition) is 2. The van der Waals surface area contributed by atoms with Gasteiger partial charge in [-0.05, 0) is 52.9 Å². The highest BCUT2D eigenvalue weighted by Crippen LogP contribution is 2.32. The van der Waals surface area contributed by atoms with Crippen molar-refractivity contribution in [2.24, 2.45) is 0 Å². The summed E-state index contributed by atoms with van der Waals surface area (Å²) in [6.45, 7) is 2.20. The van der Waals surface area contributed by atoms with E-state index in [9.17, 15) is 13.2 Å². The molecule has 0 aliphatic rings. The van der Waals surface area contributed by atoms with E-state index in [-0.39, 0.29) is 23.5 Å². The average Bonchev–Trinajstić information content (AvgIpc) is 2.85. The third-order valence-corrected chi connectivity index (χ3v) is 5.54.